The van der Waals surface area contributed by atoms with Gasteiger partial charge in [-0.2, -0.15) is 0 Å². The van der Waals surface area contributed by atoms with Crippen LogP contribution in [0.4, 0.5) is 9.59 Å². The fourth-order valence-corrected chi connectivity index (χ4v) is 2.18. The summed E-state index contributed by atoms with van der Waals surface area (Å²) in [5.41, 5.74) is 10.3. The molecule has 0 aliphatic rings. The molecule has 9 nitrogen and oxygen atoms in total. The van der Waals surface area contributed by atoms with Gasteiger partial charge in [0.1, 0.15) is 13.2 Å². The van der Waals surface area contributed by atoms with Gasteiger partial charge in [0.25, 0.3) is 0 Å². The monoisotopic (exact) mass is 383 g/mol. The highest BCUT2D eigenvalue weighted by atomic mass is 16.6. The van der Waals surface area contributed by atoms with Gasteiger partial charge >= 0.3 is 12.2 Å². The molecule has 2 aromatic carbocycles. The molecule has 0 spiro atoms. The Hall–Kier alpha value is -3.71. The number of ether oxygens (including phenoxy) is 2. The molecule has 0 saturated heterocycles. The topological polar surface area (TPSA) is 125 Å². The number of nitrogens with zero attached hydrogens (tertiary/aromatic N) is 3. The average Bonchev–Trinajstić information content (AvgIpc) is 2.74. The highest BCUT2D eigenvalue weighted by molar-refractivity contribution is 5.68. The summed E-state index contributed by atoms with van der Waals surface area (Å²) < 4.78 is 10.1. The lowest BCUT2D eigenvalue weighted by molar-refractivity contribution is 0.137. The Balaban J connectivity index is 1.68. The zero-order chi connectivity index (χ0) is 20.0. The molecule has 0 heterocycles. The molecule has 0 unspecified atom stereocenters. The maximum absolute atomic E-state index is 11.7. The summed E-state index contributed by atoms with van der Waals surface area (Å²) in [5.74, 6) is 0. The predicted molar refractivity (Wildman–Crippen MR) is 102 cm³/mol. The maximum Gasteiger partial charge on any atom is 0.407 e. The van der Waals surface area contributed by atoms with Gasteiger partial charge in [-0.05, 0) is 16.7 Å². The van der Waals surface area contributed by atoms with E-state index in [2.05, 4.69) is 20.7 Å². The molecular formula is C19H21N5O4. The molecule has 2 rings (SSSR count). The second kappa shape index (κ2) is 11.8. The van der Waals surface area contributed by atoms with Crippen LogP contribution in [0.1, 0.15) is 11.1 Å². The second-order valence-electron chi connectivity index (χ2n) is 5.74. The molecule has 0 aliphatic carbocycles. The van der Waals surface area contributed by atoms with Crippen LogP contribution in [0.5, 0.6) is 0 Å². The van der Waals surface area contributed by atoms with E-state index in [4.69, 9.17) is 15.0 Å². The molecule has 0 bridgehead atoms. The number of benzene rings is 2. The fourth-order valence-electron chi connectivity index (χ4n) is 2.18. The third kappa shape index (κ3) is 8.11. The molecule has 28 heavy (non-hydrogen) atoms. The molecule has 9 heteroatoms. The normalized spacial score (nSPS) is 9.89. The number of nitrogens with one attached hydrogen (secondary N) is 2. The number of amides is 2. The summed E-state index contributed by atoms with van der Waals surface area (Å²) in [4.78, 5) is 26.2. The minimum absolute atomic E-state index is 0.0106. The van der Waals surface area contributed by atoms with Gasteiger partial charge in [-0.1, -0.05) is 65.8 Å². The lowest BCUT2D eigenvalue weighted by Crippen LogP contribution is -2.39. The minimum atomic E-state index is -0.682. The largest absolute Gasteiger partial charge is 0.445 e. The van der Waals surface area contributed by atoms with E-state index in [1.807, 2.05) is 60.7 Å². The van der Waals surface area contributed by atoms with Crippen LogP contribution >= 0.6 is 0 Å². The quantitative estimate of drug-likeness (QED) is 0.390. The molecule has 2 N–H and O–H groups in total. The summed E-state index contributed by atoms with van der Waals surface area (Å²) in [5, 5.41) is 8.55. The molecule has 0 fully saturated rings. The maximum atomic E-state index is 11.7. The van der Waals surface area contributed by atoms with Crippen molar-refractivity contribution in [3.05, 3.63) is 82.2 Å². The van der Waals surface area contributed by atoms with Crippen LogP contribution in [0.25, 0.3) is 10.4 Å². The van der Waals surface area contributed by atoms with Crippen molar-refractivity contribution in [1.82, 2.24) is 10.6 Å². The molecular weight excluding hydrogens is 362 g/mol. The van der Waals surface area contributed by atoms with Crippen LogP contribution in [0.2, 0.25) is 0 Å². The van der Waals surface area contributed by atoms with E-state index < -0.39 is 18.2 Å². The second-order valence-corrected chi connectivity index (χ2v) is 5.74. The van der Waals surface area contributed by atoms with E-state index in [-0.39, 0.29) is 26.3 Å². The molecule has 0 aromatic heterocycles. The Morgan fingerprint density at radius 2 is 1.29 bits per heavy atom. The van der Waals surface area contributed by atoms with Crippen molar-refractivity contribution in [1.29, 1.82) is 0 Å². The number of hydrogen-bond donors (Lipinski definition) is 2. The molecule has 0 atom stereocenters. The molecule has 2 amide bonds. The SMILES string of the molecule is [N-]=[N+]=NC(CNC(=O)OCc1ccccc1)CNC(=O)OCc1ccccc1. The van der Waals surface area contributed by atoms with Crippen molar-refractivity contribution >= 4 is 12.2 Å². The summed E-state index contributed by atoms with van der Waals surface area (Å²) in [6, 6.07) is 17.8. The van der Waals surface area contributed by atoms with Crippen molar-refractivity contribution in [2.75, 3.05) is 13.1 Å². The van der Waals surface area contributed by atoms with E-state index >= 15 is 0 Å². The van der Waals surface area contributed by atoms with Crippen LogP contribution in [0, 0.1) is 0 Å². The van der Waals surface area contributed by atoms with Crippen molar-refractivity contribution in [3.63, 3.8) is 0 Å². The third-order valence-corrected chi connectivity index (χ3v) is 3.60. The third-order valence-electron chi connectivity index (χ3n) is 3.60. The van der Waals surface area contributed by atoms with Gasteiger partial charge in [-0.25, -0.2) is 9.59 Å². The van der Waals surface area contributed by atoms with Crippen LogP contribution < -0.4 is 10.6 Å². The van der Waals surface area contributed by atoms with Gasteiger partial charge in [-0.15, -0.1) is 0 Å². The standard InChI is InChI=1S/C19H21N5O4/c20-24-23-17(11-21-18(25)27-13-15-7-3-1-4-8-15)12-22-19(26)28-14-16-9-5-2-6-10-16/h1-10,17H,11-14H2,(H,21,25)(H,22,26). The number of carbonyl (C=O) groups excluding carboxylic acids is 2. The zero-order valence-electron chi connectivity index (χ0n) is 15.2. The first-order valence-electron chi connectivity index (χ1n) is 8.60. The Morgan fingerprint density at radius 1 is 0.857 bits per heavy atom. The number of alkyl carbamates (subject to hydrolysis) is 2. The van der Waals surface area contributed by atoms with Crippen LogP contribution in [-0.4, -0.2) is 31.3 Å². The zero-order valence-corrected chi connectivity index (χ0v) is 15.2. The van der Waals surface area contributed by atoms with E-state index in [9.17, 15) is 9.59 Å². The molecule has 146 valence electrons. The fraction of sp³-hybridized carbons (Fsp3) is 0.263. The molecule has 2 aromatic rings. The van der Waals surface area contributed by atoms with E-state index in [1.54, 1.807) is 0 Å². The van der Waals surface area contributed by atoms with Crippen LogP contribution in [-0.2, 0) is 22.7 Å². The first kappa shape index (κ1) is 20.6. The van der Waals surface area contributed by atoms with Crippen LogP contribution in [0.15, 0.2) is 65.8 Å². The van der Waals surface area contributed by atoms with Gasteiger partial charge in [0, 0.05) is 18.0 Å². The van der Waals surface area contributed by atoms with Gasteiger partial charge in [0.05, 0.1) is 6.04 Å². The summed E-state index contributed by atoms with van der Waals surface area (Å²) in [7, 11) is 0. The average molecular weight is 383 g/mol. The van der Waals surface area contributed by atoms with Gasteiger partial charge < -0.3 is 20.1 Å². The van der Waals surface area contributed by atoms with Crippen molar-refractivity contribution in [2.24, 2.45) is 5.11 Å². The number of carbonyl (C=O) groups is 2. The molecule has 0 radical (unpaired) electrons. The Morgan fingerprint density at radius 3 is 1.68 bits per heavy atom. The Labute approximate surface area is 162 Å². The van der Waals surface area contributed by atoms with E-state index in [0.717, 1.165) is 11.1 Å². The summed E-state index contributed by atoms with van der Waals surface area (Å²) in [6.45, 7) is 0.277. The molecule has 0 aliphatic heterocycles. The van der Waals surface area contributed by atoms with Gasteiger partial charge in [-0.3, -0.25) is 0 Å². The van der Waals surface area contributed by atoms with Crippen molar-refractivity contribution < 1.29 is 19.1 Å². The van der Waals surface area contributed by atoms with Crippen molar-refractivity contribution in [3.8, 4) is 0 Å². The lowest BCUT2D eigenvalue weighted by Gasteiger charge is -2.14. The van der Waals surface area contributed by atoms with E-state index in [1.165, 1.54) is 0 Å². The Bertz CT molecular complexity index is 735. The number of rotatable bonds is 9. The smallest absolute Gasteiger partial charge is 0.407 e. The van der Waals surface area contributed by atoms with Crippen molar-refractivity contribution in [2.45, 2.75) is 19.3 Å². The highest BCUT2D eigenvalue weighted by Gasteiger charge is 2.12. The number of azide groups is 1. The van der Waals surface area contributed by atoms with Gasteiger partial charge in [0.2, 0.25) is 0 Å². The van der Waals surface area contributed by atoms with E-state index in [0.29, 0.717) is 0 Å². The summed E-state index contributed by atoms with van der Waals surface area (Å²) in [6.07, 6.45) is -1.29. The first-order chi connectivity index (χ1) is 13.7. The number of hydrogen-bond acceptors (Lipinski definition) is 5. The lowest BCUT2D eigenvalue weighted by atomic mass is 10.2. The molecule has 0 saturated carbocycles. The van der Waals surface area contributed by atoms with Gasteiger partial charge in [0.15, 0.2) is 0 Å². The summed E-state index contributed by atoms with van der Waals surface area (Å²) >= 11 is 0. The Kier molecular flexibility index (Phi) is 8.70. The first-order valence-corrected chi connectivity index (χ1v) is 8.60. The highest BCUT2D eigenvalue weighted by Crippen LogP contribution is 2.02. The predicted octanol–water partition coefficient (Wildman–Crippen LogP) is 3.52. The van der Waals surface area contributed by atoms with Crippen LogP contribution in [0.3, 0.4) is 0 Å². The minimum Gasteiger partial charge on any atom is -0.445 e.